The number of hydrogen-bond donors (Lipinski definition) is 2. The Morgan fingerprint density at radius 1 is 1.10 bits per heavy atom. The average Bonchev–Trinajstić information content (AvgIpc) is 2.59. The van der Waals surface area contributed by atoms with Crippen molar-refractivity contribution < 1.29 is 36.3 Å². The summed E-state index contributed by atoms with van der Waals surface area (Å²) in [6.45, 7) is 4.41. The van der Waals surface area contributed by atoms with Gasteiger partial charge in [0.05, 0.1) is 6.04 Å². The molecule has 1 unspecified atom stereocenters. The minimum Gasteiger partial charge on any atom is -0.426 e. The Balaban J connectivity index is 2.17. The van der Waals surface area contributed by atoms with E-state index in [9.17, 15) is 31.5 Å². The number of rotatable bonds is 6. The standard InChI is InChI=1S/C19H18F5N3O3/c1-10-7-14(9-16(25-10)27-12(3)28)17(29)26-11(2)13-5-4-6-15(8-13)30-19(23,24)18(20,21)22/h4-9,11H,1-3H3,(H,26,29)(H,25,27,28). The van der Waals surface area contributed by atoms with Crippen molar-refractivity contribution in [2.45, 2.75) is 39.1 Å². The quantitative estimate of drug-likeness (QED) is 0.666. The Morgan fingerprint density at radius 2 is 1.77 bits per heavy atom. The number of ether oxygens (including phenoxy) is 1. The van der Waals surface area contributed by atoms with Crippen molar-refractivity contribution >= 4 is 17.6 Å². The molecule has 2 aromatic rings. The first-order chi connectivity index (χ1) is 13.8. The fraction of sp³-hybridized carbons (Fsp3) is 0.316. The molecule has 2 rings (SSSR count). The summed E-state index contributed by atoms with van der Waals surface area (Å²) in [6.07, 6.45) is -11.2. The van der Waals surface area contributed by atoms with E-state index in [0.29, 0.717) is 5.69 Å². The summed E-state index contributed by atoms with van der Waals surface area (Å²) in [5.74, 6) is -1.47. The molecule has 0 aliphatic heterocycles. The van der Waals surface area contributed by atoms with Gasteiger partial charge in [-0.05, 0) is 43.7 Å². The van der Waals surface area contributed by atoms with E-state index in [0.717, 1.165) is 12.1 Å². The third kappa shape index (κ3) is 5.88. The Morgan fingerprint density at radius 3 is 2.37 bits per heavy atom. The lowest BCUT2D eigenvalue weighted by atomic mass is 10.1. The number of anilines is 1. The minimum absolute atomic E-state index is 0.171. The molecule has 0 aliphatic rings. The molecule has 2 amide bonds. The van der Waals surface area contributed by atoms with Gasteiger partial charge >= 0.3 is 12.3 Å². The van der Waals surface area contributed by atoms with Gasteiger partial charge in [0.1, 0.15) is 11.6 Å². The summed E-state index contributed by atoms with van der Waals surface area (Å²) in [5.41, 5.74) is 0.879. The Labute approximate surface area is 168 Å². The van der Waals surface area contributed by atoms with Crippen molar-refractivity contribution in [2.24, 2.45) is 0 Å². The molecule has 0 aliphatic carbocycles. The van der Waals surface area contributed by atoms with E-state index in [4.69, 9.17) is 0 Å². The fourth-order valence-corrected chi connectivity index (χ4v) is 2.46. The van der Waals surface area contributed by atoms with Crippen LogP contribution in [0.1, 0.15) is 41.5 Å². The van der Waals surface area contributed by atoms with Gasteiger partial charge in [-0.2, -0.15) is 22.0 Å². The number of aromatic nitrogens is 1. The van der Waals surface area contributed by atoms with E-state index in [1.54, 1.807) is 6.92 Å². The van der Waals surface area contributed by atoms with Gasteiger partial charge in [0, 0.05) is 18.2 Å². The number of halogens is 5. The molecule has 1 aromatic heterocycles. The van der Waals surface area contributed by atoms with Gasteiger partial charge in [-0.15, -0.1) is 0 Å². The predicted octanol–water partition coefficient (Wildman–Crippen LogP) is 4.37. The zero-order valence-corrected chi connectivity index (χ0v) is 16.1. The van der Waals surface area contributed by atoms with Gasteiger partial charge in [-0.1, -0.05) is 12.1 Å². The van der Waals surface area contributed by atoms with Crippen LogP contribution >= 0.6 is 0 Å². The number of pyridine rings is 1. The van der Waals surface area contributed by atoms with Crippen LogP contribution in [0.5, 0.6) is 5.75 Å². The van der Waals surface area contributed by atoms with Crippen molar-refractivity contribution in [3.8, 4) is 5.75 Å². The zero-order chi connectivity index (χ0) is 22.7. The molecule has 0 bridgehead atoms. The number of nitrogens with one attached hydrogen (secondary N) is 2. The largest absolute Gasteiger partial charge is 0.499 e. The summed E-state index contributed by atoms with van der Waals surface area (Å²) in [4.78, 5) is 27.8. The normalized spacial score (nSPS) is 12.8. The predicted molar refractivity (Wildman–Crippen MR) is 97.2 cm³/mol. The lowest BCUT2D eigenvalue weighted by molar-refractivity contribution is -0.360. The van der Waals surface area contributed by atoms with Crippen LogP contribution in [0.2, 0.25) is 0 Å². The van der Waals surface area contributed by atoms with E-state index in [-0.39, 0.29) is 22.9 Å². The number of alkyl halides is 5. The lowest BCUT2D eigenvalue weighted by Gasteiger charge is -2.21. The molecule has 11 heteroatoms. The number of carbonyl (C=O) groups is 2. The summed E-state index contributed by atoms with van der Waals surface area (Å²) in [5, 5.41) is 5.05. The number of benzene rings is 1. The molecule has 0 fully saturated rings. The van der Waals surface area contributed by atoms with Crippen molar-refractivity contribution in [3.05, 3.63) is 53.2 Å². The van der Waals surface area contributed by atoms with Crippen LogP contribution in [-0.4, -0.2) is 29.1 Å². The zero-order valence-electron chi connectivity index (χ0n) is 16.1. The Bertz CT molecular complexity index is 947. The molecule has 1 heterocycles. The number of nitrogens with zero attached hydrogens (tertiary/aromatic N) is 1. The van der Waals surface area contributed by atoms with Gasteiger partial charge in [0.2, 0.25) is 5.91 Å². The molecule has 1 aromatic carbocycles. The number of amides is 2. The summed E-state index contributed by atoms with van der Waals surface area (Å²) in [6, 6.07) is 6.65. The van der Waals surface area contributed by atoms with Crippen LogP contribution < -0.4 is 15.4 Å². The second-order valence-electron chi connectivity index (χ2n) is 6.45. The van der Waals surface area contributed by atoms with Crippen LogP contribution in [-0.2, 0) is 4.79 Å². The Kier molecular flexibility index (Phi) is 6.63. The smallest absolute Gasteiger partial charge is 0.426 e. The van der Waals surface area contributed by atoms with Gasteiger partial charge in [0.25, 0.3) is 5.91 Å². The molecule has 0 spiro atoms. The lowest BCUT2D eigenvalue weighted by Crippen LogP contribution is -2.41. The van der Waals surface area contributed by atoms with E-state index >= 15 is 0 Å². The van der Waals surface area contributed by atoms with Crippen molar-refractivity contribution in [1.29, 1.82) is 0 Å². The highest BCUT2D eigenvalue weighted by Gasteiger charge is 2.61. The molecule has 6 nitrogen and oxygen atoms in total. The van der Waals surface area contributed by atoms with E-state index in [1.807, 2.05) is 0 Å². The molecule has 30 heavy (non-hydrogen) atoms. The highest BCUT2D eigenvalue weighted by atomic mass is 19.4. The fourth-order valence-electron chi connectivity index (χ4n) is 2.46. The first-order valence-electron chi connectivity index (χ1n) is 8.59. The first kappa shape index (κ1) is 23.0. The van der Waals surface area contributed by atoms with E-state index in [1.165, 1.54) is 38.1 Å². The maximum atomic E-state index is 13.1. The number of aryl methyl sites for hydroxylation is 1. The maximum Gasteiger partial charge on any atom is 0.499 e. The maximum absolute atomic E-state index is 13.1. The second-order valence-corrected chi connectivity index (χ2v) is 6.45. The summed E-state index contributed by atoms with van der Waals surface area (Å²) < 4.78 is 66.9. The monoisotopic (exact) mass is 431 g/mol. The topological polar surface area (TPSA) is 80.3 Å². The molecule has 0 saturated heterocycles. The average molecular weight is 431 g/mol. The van der Waals surface area contributed by atoms with Crippen LogP contribution in [0, 0.1) is 6.92 Å². The highest BCUT2D eigenvalue weighted by Crippen LogP contribution is 2.37. The Hall–Kier alpha value is -3.24. The van der Waals surface area contributed by atoms with Gasteiger partial charge in [-0.3, -0.25) is 9.59 Å². The number of carbonyl (C=O) groups excluding carboxylic acids is 2. The minimum atomic E-state index is -5.87. The van der Waals surface area contributed by atoms with Gasteiger partial charge in [0.15, 0.2) is 0 Å². The van der Waals surface area contributed by atoms with Gasteiger partial charge < -0.3 is 15.4 Å². The van der Waals surface area contributed by atoms with E-state index < -0.39 is 30.0 Å². The molecule has 162 valence electrons. The third-order valence-corrected chi connectivity index (χ3v) is 3.80. The molecular weight excluding hydrogens is 413 g/mol. The summed E-state index contributed by atoms with van der Waals surface area (Å²) >= 11 is 0. The molecule has 2 N–H and O–H groups in total. The highest BCUT2D eigenvalue weighted by molar-refractivity contribution is 5.96. The van der Waals surface area contributed by atoms with Crippen LogP contribution in [0.4, 0.5) is 27.8 Å². The number of hydrogen-bond acceptors (Lipinski definition) is 4. The van der Waals surface area contributed by atoms with Crippen molar-refractivity contribution in [1.82, 2.24) is 10.3 Å². The second kappa shape index (κ2) is 8.64. The van der Waals surface area contributed by atoms with Gasteiger partial charge in [-0.25, -0.2) is 4.98 Å². The first-order valence-corrected chi connectivity index (χ1v) is 8.59. The van der Waals surface area contributed by atoms with E-state index in [2.05, 4.69) is 20.4 Å². The molecule has 1 atom stereocenters. The summed E-state index contributed by atoms with van der Waals surface area (Å²) in [7, 11) is 0. The van der Waals surface area contributed by atoms with Crippen LogP contribution in [0.25, 0.3) is 0 Å². The molecule has 0 radical (unpaired) electrons. The molecule has 0 saturated carbocycles. The third-order valence-electron chi connectivity index (χ3n) is 3.80. The van der Waals surface area contributed by atoms with Crippen LogP contribution in [0.3, 0.4) is 0 Å². The van der Waals surface area contributed by atoms with Crippen LogP contribution in [0.15, 0.2) is 36.4 Å². The van der Waals surface area contributed by atoms with Crippen molar-refractivity contribution in [2.75, 3.05) is 5.32 Å². The van der Waals surface area contributed by atoms with Crippen molar-refractivity contribution in [3.63, 3.8) is 0 Å². The molecular formula is C19H18F5N3O3. The SMILES string of the molecule is CC(=O)Nc1cc(C(=O)NC(C)c2cccc(OC(F)(F)C(F)(F)F)c2)cc(C)n1.